The monoisotopic (exact) mass is 196 g/mol. The molecular weight excluding hydrogens is 184 g/mol. The molecule has 2 rings (SSSR count). The molecule has 0 fully saturated rings. The van der Waals surface area contributed by atoms with Crippen LogP contribution in [0.2, 0.25) is 0 Å². The Hall–Kier alpha value is -0.340. The van der Waals surface area contributed by atoms with Gasteiger partial charge in [0.1, 0.15) is 0 Å². The molecule has 2 aromatic rings. The lowest BCUT2D eigenvalue weighted by molar-refractivity contribution is 1.16. The van der Waals surface area contributed by atoms with Crippen LogP contribution in [-0.4, -0.2) is 0 Å². The summed E-state index contributed by atoms with van der Waals surface area (Å²) in [6.45, 7) is 6.66. The highest BCUT2D eigenvalue weighted by molar-refractivity contribution is 7.28. The summed E-state index contributed by atoms with van der Waals surface area (Å²) in [5.74, 6) is 0. The van der Waals surface area contributed by atoms with Gasteiger partial charge in [-0.1, -0.05) is 6.92 Å². The second kappa shape index (κ2) is 2.86. The van der Waals surface area contributed by atoms with Gasteiger partial charge in [-0.25, -0.2) is 0 Å². The van der Waals surface area contributed by atoms with E-state index in [4.69, 9.17) is 0 Å². The first-order valence-corrected chi connectivity index (χ1v) is 5.84. The van der Waals surface area contributed by atoms with E-state index in [1.807, 2.05) is 22.7 Å². The van der Waals surface area contributed by atoms with Gasteiger partial charge in [0.05, 0.1) is 0 Å². The largest absolute Gasteiger partial charge is 0.139 e. The third kappa shape index (κ3) is 1.10. The lowest BCUT2D eigenvalue weighted by atomic mass is 10.2. The average molecular weight is 196 g/mol. The minimum absolute atomic E-state index is 1.18. The maximum atomic E-state index is 2.30. The summed E-state index contributed by atoms with van der Waals surface area (Å²) in [5, 5.41) is 0. The van der Waals surface area contributed by atoms with Crippen molar-refractivity contribution in [3.63, 3.8) is 0 Å². The van der Waals surface area contributed by atoms with Gasteiger partial charge in [-0.05, 0) is 31.9 Å². The molecule has 2 heteroatoms. The fraction of sp³-hybridized carbons (Fsp3) is 0.400. The number of thiophene rings is 2. The summed E-state index contributed by atoms with van der Waals surface area (Å²) in [6.07, 6.45) is 1.18. The van der Waals surface area contributed by atoms with Gasteiger partial charge in [0.25, 0.3) is 0 Å². The van der Waals surface area contributed by atoms with Gasteiger partial charge in [0.15, 0.2) is 0 Å². The first-order chi connectivity index (χ1) is 5.72. The van der Waals surface area contributed by atoms with Crippen LogP contribution in [-0.2, 0) is 6.42 Å². The van der Waals surface area contributed by atoms with Crippen LogP contribution in [0.5, 0.6) is 0 Å². The SMILES string of the molecule is CCc1sc2cc(C)sc2c1C. The minimum atomic E-state index is 1.18. The Balaban J connectivity index is 2.74. The first kappa shape index (κ1) is 8.27. The van der Waals surface area contributed by atoms with Crippen molar-refractivity contribution in [2.24, 2.45) is 0 Å². The highest BCUT2D eigenvalue weighted by Crippen LogP contribution is 2.36. The Morgan fingerprint density at radius 3 is 2.58 bits per heavy atom. The van der Waals surface area contributed by atoms with Gasteiger partial charge in [0.2, 0.25) is 0 Å². The fourth-order valence-electron chi connectivity index (χ4n) is 1.50. The second-order valence-electron chi connectivity index (χ2n) is 3.05. The van der Waals surface area contributed by atoms with Gasteiger partial charge in [-0.2, -0.15) is 0 Å². The number of fused-ring (bicyclic) bond motifs is 1. The maximum Gasteiger partial charge on any atom is 0.0485 e. The molecule has 0 radical (unpaired) electrons. The van der Waals surface area contributed by atoms with Crippen molar-refractivity contribution >= 4 is 32.1 Å². The van der Waals surface area contributed by atoms with Crippen LogP contribution < -0.4 is 0 Å². The van der Waals surface area contributed by atoms with E-state index >= 15 is 0 Å². The van der Waals surface area contributed by atoms with E-state index in [-0.39, 0.29) is 0 Å². The van der Waals surface area contributed by atoms with Crippen molar-refractivity contribution in [3.8, 4) is 0 Å². The highest BCUT2D eigenvalue weighted by Gasteiger charge is 2.08. The normalized spacial score (nSPS) is 11.2. The van der Waals surface area contributed by atoms with E-state index in [9.17, 15) is 0 Å². The Labute approximate surface area is 80.9 Å². The molecule has 0 aliphatic rings. The quantitative estimate of drug-likeness (QED) is 0.643. The van der Waals surface area contributed by atoms with Gasteiger partial charge >= 0.3 is 0 Å². The van der Waals surface area contributed by atoms with Crippen LogP contribution in [0.25, 0.3) is 9.40 Å². The summed E-state index contributed by atoms with van der Waals surface area (Å²) in [6, 6.07) is 2.30. The van der Waals surface area contributed by atoms with E-state index < -0.39 is 0 Å². The van der Waals surface area contributed by atoms with Gasteiger partial charge < -0.3 is 0 Å². The zero-order valence-corrected chi connectivity index (χ0v) is 9.23. The van der Waals surface area contributed by atoms with Crippen molar-refractivity contribution in [1.29, 1.82) is 0 Å². The smallest absolute Gasteiger partial charge is 0.0485 e. The number of hydrogen-bond acceptors (Lipinski definition) is 2. The van der Waals surface area contributed by atoms with Crippen molar-refractivity contribution in [3.05, 3.63) is 21.4 Å². The van der Waals surface area contributed by atoms with E-state index in [2.05, 4.69) is 26.8 Å². The topological polar surface area (TPSA) is 0 Å². The van der Waals surface area contributed by atoms with E-state index in [1.165, 1.54) is 26.3 Å². The molecule has 2 aromatic heterocycles. The maximum absolute atomic E-state index is 2.30. The Bertz CT molecular complexity index is 407. The molecule has 0 aromatic carbocycles. The van der Waals surface area contributed by atoms with E-state index in [1.54, 1.807) is 4.88 Å². The average Bonchev–Trinajstić information content (AvgIpc) is 2.51. The van der Waals surface area contributed by atoms with Gasteiger partial charge in [0, 0.05) is 19.2 Å². The summed E-state index contributed by atoms with van der Waals surface area (Å²) in [4.78, 5) is 2.98. The van der Waals surface area contributed by atoms with Crippen molar-refractivity contribution in [1.82, 2.24) is 0 Å². The predicted octanol–water partition coefficient (Wildman–Crippen LogP) is 4.14. The lowest BCUT2D eigenvalue weighted by Crippen LogP contribution is -1.74. The van der Waals surface area contributed by atoms with Crippen LogP contribution in [0.4, 0.5) is 0 Å². The Morgan fingerprint density at radius 1 is 1.25 bits per heavy atom. The molecule has 0 N–H and O–H groups in total. The molecule has 2 heterocycles. The molecule has 0 saturated heterocycles. The van der Waals surface area contributed by atoms with E-state index in [0.717, 1.165) is 0 Å². The molecule has 0 saturated carbocycles. The molecule has 0 amide bonds. The third-order valence-electron chi connectivity index (χ3n) is 2.13. The predicted molar refractivity (Wildman–Crippen MR) is 58.6 cm³/mol. The number of hydrogen-bond donors (Lipinski definition) is 0. The molecule has 12 heavy (non-hydrogen) atoms. The molecule has 0 spiro atoms. The second-order valence-corrected chi connectivity index (χ2v) is 5.45. The van der Waals surface area contributed by atoms with Crippen LogP contribution in [0.1, 0.15) is 22.2 Å². The van der Waals surface area contributed by atoms with Gasteiger partial charge in [-0.15, -0.1) is 22.7 Å². The molecule has 0 unspecified atom stereocenters. The molecule has 0 atom stereocenters. The van der Waals surface area contributed by atoms with Crippen molar-refractivity contribution < 1.29 is 0 Å². The minimum Gasteiger partial charge on any atom is -0.139 e. The molecule has 0 nitrogen and oxygen atoms in total. The Morgan fingerprint density at radius 2 is 2.00 bits per heavy atom. The fourth-order valence-corrected chi connectivity index (χ4v) is 3.97. The lowest BCUT2D eigenvalue weighted by Gasteiger charge is -1.90. The van der Waals surface area contributed by atoms with Crippen LogP contribution in [0.15, 0.2) is 6.07 Å². The zero-order chi connectivity index (χ0) is 8.72. The van der Waals surface area contributed by atoms with Crippen LogP contribution in [0, 0.1) is 13.8 Å². The number of aryl methyl sites for hydroxylation is 3. The van der Waals surface area contributed by atoms with Gasteiger partial charge in [-0.3, -0.25) is 0 Å². The highest BCUT2D eigenvalue weighted by atomic mass is 32.1. The van der Waals surface area contributed by atoms with Crippen molar-refractivity contribution in [2.75, 3.05) is 0 Å². The summed E-state index contributed by atoms with van der Waals surface area (Å²) in [7, 11) is 0. The standard InChI is InChI=1S/C10H12S2/c1-4-8-7(3)10-9(12-8)5-6(2)11-10/h5H,4H2,1-3H3. The summed E-state index contributed by atoms with van der Waals surface area (Å²) in [5.41, 5.74) is 1.51. The van der Waals surface area contributed by atoms with Crippen LogP contribution in [0.3, 0.4) is 0 Å². The van der Waals surface area contributed by atoms with Crippen molar-refractivity contribution in [2.45, 2.75) is 27.2 Å². The number of rotatable bonds is 1. The molecule has 0 aliphatic carbocycles. The molecular formula is C10H12S2. The summed E-state index contributed by atoms with van der Waals surface area (Å²) >= 11 is 3.88. The van der Waals surface area contributed by atoms with E-state index in [0.29, 0.717) is 0 Å². The zero-order valence-electron chi connectivity index (χ0n) is 7.60. The first-order valence-electron chi connectivity index (χ1n) is 4.20. The molecule has 64 valence electrons. The molecule has 0 aliphatic heterocycles. The Kier molecular flexibility index (Phi) is 1.97. The molecule has 0 bridgehead atoms. The third-order valence-corrected chi connectivity index (χ3v) is 4.82. The van der Waals surface area contributed by atoms with Crippen LogP contribution >= 0.6 is 22.7 Å². The summed E-state index contributed by atoms with van der Waals surface area (Å²) < 4.78 is 2.99.